The predicted octanol–water partition coefficient (Wildman–Crippen LogP) is 12.0. The summed E-state index contributed by atoms with van der Waals surface area (Å²) in [5.74, 6) is 0. The topological polar surface area (TPSA) is 13.1 Å². The molecule has 1 nitrogen and oxygen atoms in total. The highest BCUT2D eigenvalue weighted by Gasteiger charge is 2.19. The highest BCUT2D eigenvalue weighted by molar-refractivity contribution is 6.23. The fraction of sp³-hybridized carbons (Fsp3) is 0. The van der Waals surface area contributed by atoms with Crippen LogP contribution in [0.15, 0.2) is 162 Å². The summed E-state index contributed by atoms with van der Waals surface area (Å²) < 4.78 is 101. The number of rotatable bonds is 3. The van der Waals surface area contributed by atoms with Gasteiger partial charge >= 0.3 is 0 Å². The van der Waals surface area contributed by atoms with E-state index in [1.54, 1.807) is 42.5 Å². The molecule has 1 heterocycles. The van der Waals surface area contributed by atoms with E-state index in [-0.39, 0.29) is 63.8 Å². The molecule has 0 amide bonds. The van der Waals surface area contributed by atoms with Gasteiger partial charge in [-0.1, -0.05) is 139 Å². The zero-order valence-electron chi connectivity index (χ0n) is 33.6. The van der Waals surface area contributed by atoms with Gasteiger partial charge in [0, 0.05) is 10.8 Å². The standard InChI is InChI=1S/C42H26O/c1-2-16-30-27(12-1)13-10-23-32(30)41-35-19-5-3-17-33(35)40(34-18-4-6-20-36(34)41)29-15-9-14-28(26-29)31-22-11-25-39-42(31)37-21-7-8-24-38(37)43-39/h1-26H/i3D,4D,5D,6D,7D,8D,11D,21D,22D,24D,25D. The zero-order chi connectivity index (χ0) is 37.9. The van der Waals surface area contributed by atoms with Crippen LogP contribution in [-0.2, 0) is 0 Å². The monoisotopic (exact) mass is 557 g/mol. The zero-order valence-corrected chi connectivity index (χ0v) is 22.6. The quantitative estimate of drug-likeness (QED) is 0.197. The van der Waals surface area contributed by atoms with Gasteiger partial charge in [-0.05, 0) is 83.8 Å². The van der Waals surface area contributed by atoms with E-state index in [9.17, 15) is 0 Å². The van der Waals surface area contributed by atoms with Crippen molar-refractivity contribution in [1.29, 1.82) is 0 Å². The Kier molecular flexibility index (Phi) is 3.41. The van der Waals surface area contributed by atoms with Crippen LogP contribution in [0.2, 0.25) is 0 Å². The summed E-state index contributed by atoms with van der Waals surface area (Å²) in [7, 11) is 0. The lowest BCUT2D eigenvalue weighted by molar-refractivity contribution is 0.669. The Morgan fingerprint density at radius 1 is 0.419 bits per heavy atom. The maximum Gasteiger partial charge on any atom is 0.136 e. The minimum Gasteiger partial charge on any atom is -0.456 e. The molecule has 0 bridgehead atoms. The summed E-state index contributed by atoms with van der Waals surface area (Å²) in [5, 5.41) is 4.69. The molecule has 0 aliphatic rings. The normalized spacial score (nSPS) is 15.3. The molecule has 0 N–H and O–H groups in total. The summed E-state index contributed by atoms with van der Waals surface area (Å²) in [6.45, 7) is 0. The molecule has 43 heavy (non-hydrogen) atoms. The van der Waals surface area contributed by atoms with Gasteiger partial charge in [0.1, 0.15) is 11.2 Å². The van der Waals surface area contributed by atoms with Crippen LogP contribution in [0.5, 0.6) is 0 Å². The van der Waals surface area contributed by atoms with E-state index >= 15 is 0 Å². The Morgan fingerprint density at radius 2 is 1.07 bits per heavy atom. The third kappa shape index (κ3) is 3.65. The molecule has 200 valence electrons. The van der Waals surface area contributed by atoms with Crippen molar-refractivity contribution in [3.05, 3.63) is 157 Å². The second-order valence-corrected chi connectivity index (χ2v) is 10.4. The van der Waals surface area contributed by atoms with Crippen molar-refractivity contribution in [3.63, 3.8) is 0 Å². The van der Waals surface area contributed by atoms with Gasteiger partial charge < -0.3 is 4.42 Å². The van der Waals surface area contributed by atoms with E-state index in [0.717, 1.165) is 21.9 Å². The van der Waals surface area contributed by atoms with Gasteiger partial charge in [0.15, 0.2) is 0 Å². The van der Waals surface area contributed by atoms with E-state index < -0.39 is 30.2 Å². The molecule has 0 unspecified atom stereocenters. The molecular formula is C42H26O. The Labute approximate surface area is 264 Å². The van der Waals surface area contributed by atoms with E-state index in [0.29, 0.717) is 38.2 Å². The Bertz CT molecular complexity index is 3060. The van der Waals surface area contributed by atoms with Gasteiger partial charge in [-0.25, -0.2) is 0 Å². The molecule has 0 radical (unpaired) electrons. The average Bonchev–Trinajstić information content (AvgIpc) is 3.56. The SMILES string of the molecule is [2H]c1cc2c(-c3cccc(-c4c([2H])c([2H])c([2H])c5oc6c([2H])c([2H])c([2H])c([2H])c6c45)c3)c3cc([2H])c([2H])cc3c(-c3cccc4ccccc34)c2cc1[2H]. The molecule has 8 aromatic carbocycles. The van der Waals surface area contributed by atoms with E-state index in [1.165, 1.54) is 0 Å². The van der Waals surface area contributed by atoms with Crippen LogP contribution in [0.1, 0.15) is 15.1 Å². The van der Waals surface area contributed by atoms with Gasteiger partial charge in [0.2, 0.25) is 0 Å². The first-order chi connectivity index (χ1) is 25.9. The maximum atomic E-state index is 9.09. The van der Waals surface area contributed by atoms with Crippen LogP contribution >= 0.6 is 0 Å². The van der Waals surface area contributed by atoms with Crippen molar-refractivity contribution < 1.29 is 19.5 Å². The highest BCUT2D eigenvalue weighted by Crippen LogP contribution is 2.46. The molecule has 0 saturated carbocycles. The number of para-hydroxylation sites is 1. The lowest BCUT2D eigenvalue weighted by Gasteiger charge is -2.19. The summed E-state index contributed by atoms with van der Waals surface area (Å²) in [6, 6.07) is 24.6. The molecule has 1 heteroatoms. The van der Waals surface area contributed by atoms with E-state index in [1.807, 2.05) is 48.5 Å². The van der Waals surface area contributed by atoms with Crippen molar-refractivity contribution in [2.45, 2.75) is 0 Å². The van der Waals surface area contributed by atoms with Gasteiger partial charge in [0.25, 0.3) is 0 Å². The molecule has 0 aliphatic heterocycles. The molecule has 9 aromatic rings. The largest absolute Gasteiger partial charge is 0.456 e. The Hall–Kier alpha value is -5.66. The van der Waals surface area contributed by atoms with Gasteiger partial charge in [-0.2, -0.15) is 0 Å². The first-order valence-electron chi connectivity index (χ1n) is 19.4. The molecule has 0 saturated heterocycles. The van der Waals surface area contributed by atoms with Crippen LogP contribution in [0.4, 0.5) is 0 Å². The molecule has 9 rings (SSSR count). The number of benzene rings is 8. The molecule has 0 fully saturated rings. The van der Waals surface area contributed by atoms with Crippen LogP contribution in [0.25, 0.3) is 87.6 Å². The van der Waals surface area contributed by atoms with Crippen LogP contribution in [0.3, 0.4) is 0 Å². The van der Waals surface area contributed by atoms with Gasteiger partial charge in [-0.15, -0.1) is 0 Å². The fourth-order valence-electron chi connectivity index (χ4n) is 6.33. The van der Waals surface area contributed by atoms with E-state index in [2.05, 4.69) is 0 Å². The lowest BCUT2D eigenvalue weighted by Crippen LogP contribution is -1.92. The molecule has 0 aliphatic carbocycles. The molecule has 0 atom stereocenters. The molecular weight excluding hydrogens is 520 g/mol. The second-order valence-electron chi connectivity index (χ2n) is 10.4. The summed E-state index contributed by atoms with van der Waals surface area (Å²) in [5.41, 5.74) is 3.13. The predicted molar refractivity (Wildman–Crippen MR) is 183 cm³/mol. The number of hydrogen-bond donors (Lipinski definition) is 0. The van der Waals surface area contributed by atoms with Crippen molar-refractivity contribution >= 4 is 54.3 Å². The van der Waals surface area contributed by atoms with Crippen molar-refractivity contribution in [2.75, 3.05) is 0 Å². The highest BCUT2D eigenvalue weighted by atomic mass is 16.3. The van der Waals surface area contributed by atoms with Crippen LogP contribution in [-0.4, -0.2) is 0 Å². The summed E-state index contributed by atoms with van der Waals surface area (Å²) >= 11 is 0. The fourth-order valence-corrected chi connectivity index (χ4v) is 6.33. The Balaban J connectivity index is 1.43. The van der Waals surface area contributed by atoms with E-state index in [4.69, 9.17) is 19.5 Å². The summed E-state index contributed by atoms with van der Waals surface area (Å²) in [4.78, 5) is 0. The van der Waals surface area contributed by atoms with Gasteiger partial charge in [-0.3, -0.25) is 0 Å². The minimum absolute atomic E-state index is 0.00892. The van der Waals surface area contributed by atoms with Gasteiger partial charge in [0.05, 0.1) is 15.1 Å². The third-order valence-electron chi connectivity index (χ3n) is 8.14. The minimum atomic E-state index is -0.501. The van der Waals surface area contributed by atoms with Crippen molar-refractivity contribution in [2.24, 2.45) is 0 Å². The number of hydrogen-bond acceptors (Lipinski definition) is 1. The average molecular weight is 558 g/mol. The number of fused-ring (bicyclic) bond motifs is 6. The second kappa shape index (κ2) is 9.44. The lowest BCUT2D eigenvalue weighted by atomic mass is 9.84. The van der Waals surface area contributed by atoms with Crippen LogP contribution in [0, 0.1) is 0 Å². The third-order valence-corrected chi connectivity index (χ3v) is 8.14. The smallest absolute Gasteiger partial charge is 0.136 e. The molecule has 1 aromatic heterocycles. The Morgan fingerprint density at radius 3 is 1.88 bits per heavy atom. The molecule has 0 spiro atoms. The first kappa shape index (κ1) is 15.5. The van der Waals surface area contributed by atoms with Crippen LogP contribution < -0.4 is 0 Å². The first-order valence-corrected chi connectivity index (χ1v) is 13.9. The van der Waals surface area contributed by atoms with Crippen molar-refractivity contribution in [3.8, 4) is 33.4 Å². The summed E-state index contributed by atoms with van der Waals surface area (Å²) in [6.07, 6.45) is 0. The van der Waals surface area contributed by atoms with Crippen molar-refractivity contribution in [1.82, 2.24) is 0 Å². The maximum absolute atomic E-state index is 9.09. The number of furan rings is 1.